The Kier molecular flexibility index (Phi) is 6.52. The fourth-order valence-electron chi connectivity index (χ4n) is 2.64. The highest BCUT2D eigenvalue weighted by atomic mass is 32.2. The Bertz CT molecular complexity index is 529. The van der Waals surface area contributed by atoms with E-state index in [1.807, 2.05) is 23.9 Å². The molecular weight excluding hydrogens is 316 g/mol. The maximum atomic E-state index is 11.1. The van der Waals surface area contributed by atoms with E-state index >= 15 is 0 Å². The number of thioether (sulfide) groups is 1. The van der Waals surface area contributed by atoms with Crippen molar-refractivity contribution >= 4 is 29.6 Å². The summed E-state index contributed by atoms with van der Waals surface area (Å²) in [6.07, 6.45) is 4.54. The lowest BCUT2D eigenvalue weighted by atomic mass is 10.0. The summed E-state index contributed by atoms with van der Waals surface area (Å²) in [5.41, 5.74) is 5.25. The van der Waals surface area contributed by atoms with Gasteiger partial charge < -0.3 is 21.5 Å². The number of carbonyl (C=O) groups excluding carboxylic acids is 1. The Morgan fingerprint density at radius 1 is 1.39 bits per heavy atom. The average Bonchev–Trinajstić information content (AvgIpc) is 3.04. The van der Waals surface area contributed by atoms with Gasteiger partial charge in [-0.05, 0) is 25.0 Å². The number of urea groups is 1. The van der Waals surface area contributed by atoms with E-state index in [-0.39, 0.29) is 24.5 Å². The molecule has 3 heterocycles. The summed E-state index contributed by atoms with van der Waals surface area (Å²) in [4.78, 5) is 25.2. The standard InChI is InChI=1S/C10H16N2O3S.C5H6N2/c13-8(14)4-2-1-3-7-9-6(5-16-7)11-10(15)12-9;6-5-3-1-2-4-7-5/h6-7,9H,1-5H2,(H,13,14)(H2,11,12,15);1-4H,(H2,6,7)/t6-,7-,9-;/m0./s1. The molecular formula is C15H22N4O3S. The van der Waals surface area contributed by atoms with Gasteiger partial charge in [-0.15, -0.1) is 0 Å². The van der Waals surface area contributed by atoms with Gasteiger partial charge in [0, 0.05) is 23.6 Å². The minimum absolute atomic E-state index is 0.0640. The average molecular weight is 338 g/mol. The first-order valence-corrected chi connectivity index (χ1v) is 8.68. The number of carboxylic acids is 1. The van der Waals surface area contributed by atoms with E-state index in [1.54, 1.807) is 12.3 Å². The number of hydrogen-bond donors (Lipinski definition) is 4. The smallest absolute Gasteiger partial charge is 0.315 e. The van der Waals surface area contributed by atoms with Crippen molar-refractivity contribution in [3.63, 3.8) is 0 Å². The summed E-state index contributed by atoms with van der Waals surface area (Å²) in [6, 6.07) is 5.87. The second kappa shape index (κ2) is 8.61. The molecule has 5 N–H and O–H groups in total. The van der Waals surface area contributed by atoms with Crippen LogP contribution in [-0.2, 0) is 4.79 Å². The molecule has 7 nitrogen and oxygen atoms in total. The van der Waals surface area contributed by atoms with Crippen molar-refractivity contribution in [2.75, 3.05) is 11.5 Å². The number of nitrogens with zero attached hydrogens (tertiary/aromatic N) is 1. The lowest BCUT2D eigenvalue weighted by molar-refractivity contribution is -0.137. The molecule has 3 rings (SSSR count). The first kappa shape index (κ1) is 17.4. The Labute approximate surface area is 139 Å². The largest absolute Gasteiger partial charge is 0.481 e. The van der Waals surface area contributed by atoms with Crippen LogP contribution >= 0.6 is 11.8 Å². The fraction of sp³-hybridized carbons (Fsp3) is 0.533. The molecule has 1 aromatic heterocycles. The summed E-state index contributed by atoms with van der Waals surface area (Å²) in [7, 11) is 0. The van der Waals surface area contributed by atoms with Gasteiger partial charge in [-0.3, -0.25) is 4.79 Å². The van der Waals surface area contributed by atoms with Crippen molar-refractivity contribution in [1.82, 2.24) is 15.6 Å². The maximum Gasteiger partial charge on any atom is 0.315 e. The van der Waals surface area contributed by atoms with E-state index in [0.717, 1.165) is 25.0 Å². The summed E-state index contributed by atoms with van der Waals surface area (Å²) in [6.45, 7) is 0. The van der Waals surface area contributed by atoms with Crippen LogP contribution in [0.4, 0.5) is 10.6 Å². The van der Waals surface area contributed by atoms with Crippen molar-refractivity contribution in [3.05, 3.63) is 24.4 Å². The van der Waals surface area contributed by atoms with E-state index in [2.05, 4.69) is 15.6 Å². The maximum absolute atomic E-state index is 11.1. The molecule has 0 aromatic carbocycles. The molecule has 2 aliphatic rings. The highest BCUT2D eigenvalue weighted by Gasteiger charge is 2.42. The van der Waals surface area contributed by atoms with Crippen LogP contribution in [0.2, 0.25) is 0 Å². The van der Waals surface area contributed by atoms with Gasteiger partial charge >= 0.3 is 12.0 Å². The lowest BCUT2D eigenvalue weighted by Gasteiger charge is -2.16. The minimum atomic E-state index is -0.729. The number of carboxylic acid groups (broad SMARTS) is 1. The molecule has 2 fully saturated rings. The molecule has 2 aliphatic heterocycles. The number of nitrogens with one attached hydrogen (secondary N) is 2. The predicted octanol–water partition coefficient (Wildman–Crippen LogP) is 1.46. The molecule has 23 heavy (non-hydrogen) atoms. The number of carbonyl (C=O) groups is 2. The van der Waals surface area contributed by atoms with E-state index < -0.39 is 5.97 Å². The van der Waals surface area contributed by atoms with E-state index in [4.69, 9.17) is 10.8 Å². The molecule has 2 amide bonds. The Morgan fingerprint density at radius 2 is 2.22 bits per heavy atom. The first-order chi connectivity index (χ1) is 11.1. The summed E-state index contributed by atoms with van der Waals surface area (Å²) >= 11 is 1.87. The molecule has 0 saturated carbocycles. The zero-order chi connectivity index (χ0) is 16.7. The van der Waals surface area contributed by atoms with Crippen LogP contribution < -0.4 is 16.4 Å². The number of aromatic nitrogens is 1. The normalized spacial score (nSPS) is 24.9. The molecule has 126 valence electrons. The Morgan fingerprint density at radius 3 is 2.83 bits per heavy atom. The number of rotatable bonds is 5. The summed E-state index contributed by atoms with van der Waals surface area (Å²) < 4.78 is 0. The molecule has 0 spiro atoms. The predicted molar refractivity (Wildman–Crippen MR) is 90.2 cm³/mol. The SMILES string of the molecule is Nc1ccccn1.O=C(O)CCCC[C@@H]1SC[C@@H]2NC(=O)N[C@@H]21. The van der Waals surface area contributed by atoms with Crippen LogP contribution in [0.15, 0.2) is 24.4 Å². The topological polar surface area (TPSA) is 117 Å². The van der Waals surface area contributed by atoms with Gasteiger partial charge in [-0.25, -0.2) is 9.78 Å². The molecule has 0 bridgehead atoms. The number of fused-ring (bicyclic) bond motifs is 1. The number of unbranched alkanes of at least 4 members (excludes halogenated alkanes) is 1. The zero-order valence-corrected chi connectivity index (χ0v) is 13.6. The quantitative estimate of drug-likeness (QED) is 0.477. The van der Waals surface area contributed by atoms with Crippen molar-refractivity contribution in [3.8, 4) is 0 Å². The Balaban J connectivity index is 0.000000229. The van der Waals surface area contributed by atoms with Gasteiger partial charge in [0.2, 0.25) is 0 Å². The van der Waals surface area contributed by atoms with Gasteiger partial charge in [0.15, 0.2) is 0 Å². The third kappa shape index (κ3) is 5.63. The van der Waals surface area contributed by atoms with E-state index in [9.17, 15) is 9.59 Å². The number of anilines is 1. The summed E-state index contributed by atoms with van der Waals surface area (Å²) in [5.74, 6) is 0.808. The van der Waals surface area contributed by atoms with Crippen LogP contribution in [0.25, 0.3) is 0 Å². The van der Waals surface area contributed by atoms with Crippen LogP contribution in [0.1, 0.15) is 25.7 Å². The van der Waals surface area contributed by atoms with Crippen LogP contribution in [0.3, 0.4) is 0 Å². The molecule has 8 heteroatoms. The highest BCUT2D eigenvalue weighted by molar-refractivity contribution is 8.00. The number of nitrogen functional groups attached to an aromatic ring is 1. The molecule has 0 radical (unpaired) electrons. The second-order valence-corrected chi connectivity index (χ2v) is 6.79. The molecule has 0 unspecified atom stereocenters. The summed E-state index contributed by atoms with van der Waals surface area (Å²) in [5, 5.41) is 14.8. The molecule has 3 atom stereocenters. The van der Waals surface area contributed by atoms with Crippen molar-refractivity contribution in [1.29, 1.82) is 0 Å². The minimum Gasteiger partial charge on any atom is -0.481 e. The Hall–Kier alpha value is -1.96. The van der Waals surface area contributed by atoms with Gasteiger partial charge in [-0.2, -0.15) is 11.8 Å². The monoisotopic (exact) mass is 338 g/mol. The van der Waals surface area contributed by atoms with Crippen molar-refractivity contribution in [2.45, 2.75) is 43.0 Å². The number of pyridine rings is 1. The number of amides is 2. The highest BCUT2D eigenvalue weighted by Crippen LogP contribution is 2.33. The zero-order valence-electron chi connectivity index (χ0n) is 12.8. The number of hydrogen-bond acceptors (Lipinski definition) is 5. The molecule has 0 aliphatic carbocycles. The lowest BCUT2D eigenvalue weighted by Crippen LogP contribution is -2.36. The van der Waals surface area contributed by atoms with Crippen LogP contribution in [-0.4, -0.2) is 45.2 Å². The van der Waals surface area contributed by atoms with Crippen LogP contribution in [0.5, 0.6) is 0 Å². The third-order valence-corrected chi connectivity index (χ3v) is 5.26. The number of nitrogens with two attached hydrogens (primary N) is 1. The molecule has 1 aromatic rings. The molecule has 2 saturated heterocycles. The number of aliphatic carboxylic acids is 1. The van der Waals surface area contributed by atoms with Gasteiger partial charge in [-0.1, -0.05) is 12.5 Å². The van der Waals surface area contributed by atoms with Crippen LogP contribution in [0, 0.1) is 0 Å². The van der Waals surface area contributed by atoms with Crippen molar-refractivity contribution in [2.24, 2.45) is 0 Å². The van der Waals surface area contributed by atoms with Gasteiger partial charge in [0.25, 0.3) is 0 Å². The van der Waals surface area contributed by atoms with E-state index in [0.29, 0.717) is 11.1 Å². The third-order valence-electron chi connectivity index (χ3n) is 3.76. The second-order valence-electron chi connectivity index (χ2n) is 5.52. The fourth-order valence-corrected chi connectivity index (χ4v) is 4.18. The van der Waals surface area contributed by atoms with Gasteiger partial charge in [0.1, 0.15) is 5.82 Å². The first-order valence-electron chi connectivity index (χ1n) is 7.63. The van der Waals surface area contributed by atoms with E-state index in [1.165, 1.54) is 0 Å². The van der Waals surface area contributed by atoms with Gasteiger partial charge in [0.05, 0.1) is 12.1 Å². The van der Waals surface area contributed by atoms with Crippen molar-refractivity contribution < 1.29 is 14.7 Å².